The molecule has 0 spiro atoms. The molecule has 0 radical (unpaired) electrons. The molecule has 1 fully saturated rings. The Morgan fingerprint density at radius 1 is 1.35 bits per heavy atom. The summed E-state index contributed by atoms with van der Waals surface area (Å²) in [4.78, 5) is 27.2. The van der Waals surface area contributed by atoms with Gasteiger partial charge in [0.1, 0.15) is 0 Å². The Morgan fingerprint density at radius 3 is 2.53 bits per heavy atom. The second-order valence-corrected chi connectivity index (χ2v) is 4.59. The van der Waals surface area contributed by atoms with Gasteiger partial charge in [-0.2, -0.15) is 0 Å². The van der Waals surface area contributed by atoms with Crippen LogP contribution in [0.15, 0.2) is 0 Å². The highest BCUT2D eigenvalue weighted by Crippen LogP contribution is 2.11. The number of urea groups is 1. The monoisotopic (exact) mass is 242 g/mol. The molecule has 1 rings (SSSR count). The highest BCUT2D eigenvalue weighted by Gasteiger charge is 2.29. The normalized spacial score (nSPS) is 24.1. The Balaban J connectivity index is 2.54. The van der Waals surface area contributed by atoms with Gasteiger partial charge in [0.2, 0.25) is 5.91 Å². The minimum absolute atomic E-state index is 0.249. The third kappa shape index (κ3) is 3.67. The van der Waals surface area contributed by atoms with Crippen molar-refractivity contribution >= 4 is 11.9 Å². The first-order chi connectivity index (χ1) is 7.95. The van der Waals surface area contributed by atoms with Crippen LogP contribution in [0.25, 0.3) is 0 Å². The van der Waals surface area contributed by atoms with Gasteiger partial charge in [-0.15, -0.1) is 0 Å². The lowest BCUT2D eigenvalue weighted by Gasteiger charge is -2.40. The van der Waals surface area contributed by atoms with E-state index in [-0.39, 0.29) is 11.9 Å². The zero-order valence-electron chi connectivity index (χ0n) is 11.0. The smallest absolute Gasteiger partial charge is 0.321 e. The standard InChI is InChI=1S/C11H22N4O2/c1-8-7-14(4)5-6-15(8)9(2)10(16)13-11(17)12-3/h8-9H,5-7H2,1-4H3,(H2,12,13,16,17)/t8-,9+/m1/s1. The van der Waals surface area contributed by atoms with Crippen molar-refractivity contribution in [2.24, 2.45) is 0 Å². The SMILES string of the molecule is CNC(=O)NC(=O)[C@H](C)N1CCN(C)C[C@H]1C. The summed E-state index contributed by atoms with van der Waals surface area (Å²) in [7, 11) is 3.56. The van der Waals surface area contributed by atoms with E-state index in [0.717, 1.165) is 19.6 Å². The molecule has 0 aromatic carbocycles. The van der Waals surface area contributed by atoms with E-state index in [1.54, 1.807) is 0 Å². The van der Waals surface area contributed by atoms with Crippen molar-refractivity contribution in [1.29, 1.82) is 0 Å². The predicted octanol–water partition coefficient (Wildman–Crippen LogP) is -0.534. The molecule has 0 aromatic rings. The number of carbonyl (C=O) groups excluding carboxylic acids is 2. The number of carbonyl (C=O) groups is 2. The summed E-state index contributed by atoms with van der Waals surface area (Å²) in [5, 5.41) is 4.69. The summed E-state index contributed by atoms with van der Waals surface area (Å²) >= 11 is 0. The summed E-state index contributed by atoms with van der Waals surface area (Å²) < 4.78 is 0. The number of piperazine rings is 1. The van der Waals surface area contributed by atoms with Crippen LogP contribution >= 0.6 is 0 Å². The van der Waals surface area contributed by atoms with Crippen LogP contribution in [0.1, 0.15) is 13.8 Å². The maximum absolute atomic E-state index is 11.8. The van der Waals surface area contributed by atoms with Crippen molar-refractivity contribution in [3.05, 3.63) is 0 Å². The summed E-state index contributed by atoms with van der Waals surface area (Å²) in [5.41, 5.74) is 0. The van der Waals surface area contributed by atoms with Crippen LogP contribution in [0, 0.1) is 0 Å². The molecule has 1 aliphatic heterocycles. The molecule has 2 atom stereocenters. The Bertz CT molecular complexity index is 295. The molecule has 0 unspecified atom stereocenters. The van der Waals surface area contributed by atoms with Gasteiger partial charge in [-0.1, -0.05) is 0 Å². The predicted molar refractivity (Wildman–Crippen MR) is 65.7 cm³/mol. The topological polar surface area (TPSA) is 64.7 Å². The number of nitrogens with one attached hydrogen (secondary N) is 2. The molecular formula is C11H22N4O2. The fourth-order valence-electron chi connectivity index (χ4n) is 2.16. The highest BCUT2D eigenvalue weighted by atomic mass is 16.2. The molecule has 0 aromatic heterocycles. The number of hydrogen-bond donors (Lipinski definition) is 2. The molecule has 98 valence electrons. The fraction of sp³-hybridized carbons (Fsp3) is 0.818. The van der Waals surface area contributed by atoms with Crippen LogP contribution in [-0.2, 0) is 4.79 Å². The van der Waals surface area contributed by atoms with Crippen LogP contribution in [0.4, 0.5) is 4.79 Å². The molecule has 3 amide bonds. The van der Waals surface area contributed by atoms with Crippen molar-refractivity contribution in [3.63, 3.8) is 0 Å². The Kier molecular flexibility index (Phi) is 4.89. The summed E-state index contributed by atoms with van der Waals surface area (Å²) in [5.74, 6) is -0.249. The van der Waals surface area contributed by atoms with Crippen LogP contribution in [0.2, 0.25) is 0 Å². The molecule has 0 bridgehead atoms. The largest absolute Gasteiger partial charge is 0.341 e. The maximum atomic E-state index is 11.8. The number of hydrogen-bond acceptors (Lipinski definition) is 4. The first-order valence-electron chi connectivity index (χ1n) is 5.92. The minimum atomic E-state index is -0.455. The lowest BCUT2D eigenvalue weighted by atomic mass is 10.1. The van der Waals surface area contributed by atoms with E-state index < -0.39 is 6.03 Å². The van der Waals surface area contributed by atoms with Gasteiger partial charge in [-0.25, -0.2) is 4.79 Å². The van der Waals surface area contributed by atoms with Crippen molar-refractivity contribution in [2.75, 3.05) is 33.7 Å². The zero-order valence-corrected chi connectivity index (χ0v) is 11.0. The molecule has 6 heteroatoms. The van der Waals surface area contributed by atoms with E-state index in [9.17, 15) is 9.59 Å². The molecule has 1 aliphatic rings. The third-order valence-electron chi connectivity index (χ3n) is 3.22. The Hall–Kier alpha value is -1.14. The van der Waals surface area contributed by atoms with E-state index >= 15 is 0 Å². The van der Waals surface area contributed by atoms with Gasteiger partial charge in [0.15, 0.2) is 0 Å². The Morgan fingerprint density at radius 2 is 2.00 bits per heavy atom. The third-order valence-corrected chi connectivity index (χ3v) is 3.22. The van der Waals surface area contributed by atoms with Crippen molar-refractivity contribution in [3.8, 4) is 0 Å². The fourth-order valence-corrected chi connectivity index (χ4v) is 2.16. The van der Waals surface area contributed by atoms with Crippen molar-refractivity contribution in [2.45, 2.75) is 25.9 Å². The first kappa shape index (κ1) is 13.9. The maximum Gasteiger partial charge on any atom is 0.321 e. The van der Waals surface area contributed by atoms with Gasteiger partial charge in [0.05, 0.1) is 6.04 Å². The summed E-state index contributed by atoms with van der Waals surface area (Å²) in [6, 6.07) is -0.418. The van der Waals surface area contributed by atoms with E-state index in [4.69, 9.17) is 0 Å². The molecular weight excluding hydrogens is 220 g/mol. The van der Waals surface area contributed by atoms with Crippen LogP contribution in [-0.4, -0.2) is 67.6 Å². The number of rotatable bonds is 2. The van der Waals surface area contributed by atoms with Gasteiger partial charge in [0, 0.05) is 32.7 Å². The van der Waals surface area contributed by atoms with E-state index in [1.807, 2.05) is 6.92 Å². The second-order valence-electron chi connectivity index (χ2n) is 4.59. The highest BCUT2D eigenvalue weighted by molar-refractivity contribution is 5.96. The van der Waals surface area contributed by atoms with Gasteiger partial charge in [-0.3, -0.25) is 15.0 Å². The van der Waals surface area contributed by atoms with Crippen LogP contribution in [0.5, 0.6) is 0 Å². The minimum Gasteiger partial charge on any atom is -0.341 e. The van der Waals surface area contributed by atoms with E-state index in [0.29, 0.717) is 6.04 Å². The first-order valence-corrected chi connectivity index (χ1v) is 5.92. The lowest BCUT2D eigenvalue weighted by Crippen LogP contribution is -2.58. The van der Waals surface area contributed by atoms with Crippen LogP contribution in [0.3, 0.4) is 0 Å². The summed E-state index contributed by atoms with van der Waals surface area (Å²) in [6.45, 7) is 6.67. The lowest BCUT2D eigenvalue weighted by molar-refractivity contribution is -0.126. The molecule has 1 saturated heterocycles. The average Bonchev–Trinajstić information content (AvgIpc) is 2.28. The Labute approximate surface area is 102 Å². The molecule has 0 saturated carbocycles. The molecule has 17 heavy (non-hydrogen) atoms. The van der Waals surface area contributed by atoms with Gasteiger partial charge >= 0.3 is 6.03 Å². The van der Waals surface area contributed by atoms with Crippen LogP contribution < -0.4 is 10.6 Å². The number of nitrogens with zero attached hydrogens (tertiary/aromatic N) is 2. The quantitative estimate of drug-likeness (QED) is 0.683. The molecule has 0 aliphatic carbocycles. The second kappa shape index (κ2) is 5.97. The number of imide groups is 1. The van der Waals surface area contributed by atoms with Crippen molar-refractivity contribution < 1.29 is 9.59 Å². The number of amides is 3. The molecule has 6 nitrogen and oxygen atoms in total. The average molecular weight is 242 g/mol. The van der Waals surface area contributed by atoms with Gasteiger partial charge < -0.3 is 10.2 Å². The van der Waals surface area contributed by atoms with Gasteiger partial charge in [0.25, 0.3) is 0 Å². The van der Waals surface area contributed by atoms with Crippen molar-refractivity contribution in [1.82, 2.24) is 20.4 Å². The summed E-state index contributed by atoms with van der Waals surface area (Å²) in [6.07, 6.45) is 0. The zero-order chi connectivity index (χ0) is 13.0. The van der Waals surface area contributed by atoms with E-state index in [1.165, 1.54) is 7.05 Å². The van der Waals surface area contributed by atoms with Gasteiger partial charge in [-0.05, 0) is 20.9 Å². The van der Waals surface area contributed by atoms with E-state index in [2.05, 4.69) is 34.4 Å². The molecule has 1 heterocycles. The molecule has 2 N–H and O–H groups in total. The number of likely N-dealkylation sites (N-methyl/N-ethyl adjacent to an activating group) is 1.